The molecule has 2 atom stereocenters. The van der Waals surface area contributed by atoms with Gasteiger partial charge < -0.3 is 11.1 Å². The number of thiocarbonyl (C=S) groups is 1. The van der Waals surface area contributed by atoms with Crippen LogP contribution in [0.15, 0.2) is 24.3 Å². The maximum atomic E-state index is 12.1. The standard InChI is InChI=1S/C16H21N3OS/c17-16(21)13-3-1-2-4-14(13)18-15(20)7-8-19-10-11-5-6-12(19)9-11/h1-4,11-12H,5-10H2,(H2,17,21)(H,18,20). The van der Waals surface area contributed by atoms with Crippen LogP contribution in [0.3, 0.4) is 0 Å². The summed E-state index contributed by atoms with van der Waals surface area (Å²) in [6.45, 7) is 2.02. The zero-order valence-electron chi connectivity index (χ0n) is 12.0. The summed E-state index contributed by atoms with van der Waals surface area (Å²) in [6.07, 6.45) is 4.52. The van der Waals surface area contributed by atoms with Crippen LogP contribution in [0, 0.1) is 5.92 Å². The first-order chi connectivity index (χ1) is 10.1. The fourth-order valence-corrected chi connectivity index (χ4v) is 3.74. The highest BCUT2D eigenvalue weighted by molar-refractivity contribution is 7.80. The van der Waals surface area contributed by atoms with Gasteiger partial charge in [-0.25, -0.2) is 0 Å². The second-order valence-electron chi connectivity index (χ2n) is 6.04. The van der Waals surface area contributed by atoms with Crippen LogP contribution in [0.1, 0.15) is 31.2 Å². The topological polar surface area (TPSA) is 58.4 Å². The molecule has 112 valence electrons. The highest BCUT2D eigenvalue weighted by Gasteiger charge is 2.37. The van der Waals surface area contributed by atoms with E-state index in [1.54, 1.807) is 0 Å². The molecule has 21 heavy (non-hydrogen) atoms. The lowest BCUT2D eigenvalue weighted by molar-refractivity contribution is -0.116. The van der Waals surface area contributed by atoms with E-state index in [2.05, 4.69) is 10.2 Å². The van der Waals surface area contributed by atoms with Crippen molar-refractivity contribution >= 4 is 28.8 Å². The number of carbonyl (C=O) groups excluding carboxylic acids is 1. The van der Waals surface area contributed by atoms with E-state index in [1.807, 2.05) is 24.3 Å². The minimum absolute atomic E-state index is 0.0291. The Hall–Kier alpha value is -1.46. The number of likely N-dealkylation sites (tertiary alicyclic amines) is 1. The fourth-order valence-electron chi connectivity index (χ4n) is 3.57. The Labute approximate surface area is 130 Å². The molecule has 2 bridgehead atoms. The maximum absolute atomic E-state index is 12.1. The number of nitrogens with zero attached hydrogens (tertiary/aromatic N) is 1. The molecule has 2 unspecified atom stereocenters. The normalized spacial score (nSPS) is 24.2. The monoisotopic (exact) mass is 303 g/mol. The Bertz CT molecular complexity index is 560. The van der Waals surface area contributed by atoms with Gasteiger partial charge in [-0.15, -0.1) is 0 Å². The molecular formula is C16H21N3OS. The van der Waals surface area contributed by atoms with Gasteiger partial charge in [0.15, 0.2) is 0 Å². The van der Waals surface area contributed by atoms with E-state index in [4.69, 9.17) is 18.0 Å². The molecule has 0 radical (unpaired) electrons. The van der Waals surface area contributed by atoms with Crippen molar-refractivity contribution in [3.63, 3.8) is 0 Å². The van der Waals surface area contributed by atoms with Crippen molar-refractivity contribution in [3.05, 3.63) is 29.8 Å². The summed E-state index contributed by atoms with van der Waals surface area (Å²) in [6, 6.07) is 8.12. The fraction of sp³-hybridized carbons (Fsp3) is 0.500. The van der Waals surface area contributed by atoms with Crippen molar-refractivity contribution in [2.75, 3.05) is 18.4 Å². The Balaban J connectivity index is 1.54. The number of hydrogen-bond acceptors (Lipinski definition) is 3. The lowest BCUT2D eigenvalue weighted by Crippen LogP contribution is -2.34. The molecule has 0 aromatic heterocycles. The number of anilines is 1. The zero-order valence-corrected chi connectivity index (χ0v) is 12.9. The number of nitrogens with one attached hydrogen (secondary N) is 1. The van der Waals surface area contributed by atoms with Crippen LogP contribution in [-0.2, 0) is 4.79 Å². The number of fused-ring (bicyclic) bond motifs is 2. The molecule has 1 saturated heterocycles. The molecule has 0 spiro atoms. The van der Waals surface area contributed by atoms with Crippen molar-refractivity contribution in [2.45, 2.75) is 31.7 Å². The van der Waals surface area contributed by atoms with E-state index >= 15 is 0 Å². The third-order valence-electron chi connectivity index (χ3n) is 4.62. The Kier molecular flexibility index (Phi) is 4.22. The van der Waals surface area contributed by atoms with Gasteiger partial charge in [-0.2, -0.15) is 0 Å². The highest BCUT2D eigenvalue weighted by Crippen LogP contribution is 2.37. The molecule has 1 aromatic carbocycles. The van der Waals surface area contributed by atoms with Crippen molar-refractivity contribution in [1.82, 2.24) is 4.90 Å². The molecule has 1 saturated carbocycles. The van der Waals surface area contributed by atoms with Gasteiger partial charge in [0.05, 0.1) is 5.69 Å². The summed E-state index contributed by atoms with van der Waals surface area (Å²) in [5.74, 6) is 0.898. The number of benzene rings is 1. The van der Waals surface area contributed by atoms with Gasteiger partial charge in [0, 0.05) is 31.1 Å². The second-order valence-corrected chi connectivity index (χ2v) is 6.48. The van der Waals surface area contributed by atoms with E-state index < -0.39 is 0 Å². The molecular weight excluding hydrogens is 282 g/mol. The first kappa shape index (κ1) is 14.5. The summed E-state index contributed by atoms with van der Waals surface area (Å²) in [4.78, 5) is 14.9. The molecule has 2 aliphatic rings. The molecule has 4 nitrogen and oxygen atoms in total. The molecule has 3 N–H and O–H groups in total. The molecule has 1 aliphatic carbocycles. The first-order valence-corrected chi connectivity index (χ1v) is 7.97. The van der Waals surface area contributed by atoms with E-state index in [1.165, 1.54) is 25.8 Å². The van der Waals surface area contributed by atoms with Crippen LogP contribution < -0.4 is 11.1 Å². The van der Waals surface area contributed by atoms with E-state index in [0.29, 0.717) is 23.1 Å². The molecule has 1 heterocycles. The Morgan fingerprint density at radius 3 is 2.86 bits per heavy atom. The van der Waals surface area contributed by atoms with Crippen molar-refractivity contribution < 1.29 is 4.79 Å². The first-order valence-electron chi connectivity index (χ1n) is 7.56. The van der Waals surface area contributed by atoms with E-state index in [9.17, 15) is 4.79 Å². The Morgan fingerprint density at radius 2 is 2.19 bits per heavy atom. The molecule has 1 aromatic rings. The minimum atomic E-state index is 0.0291. The summed E-state index contributed by atoms with van der Waals surface area (Å²) in [7, 11) is 0. The number of rotatable bonds is 5. The number of amides is 1. The second kappa shape index (κ2) is 6.12. The summed E-state index contributed by atoms with van der Waals surface area (Å²) >= 11 is 5.01. The van der Waals surface area contributed by atoms with Gasteiger partial charge in [-0.1, -0.05) is 24.4 Å². The van der Waals surface area contributed by atoms with Crippen molar-refractivity contribution in [3.8, 4) is 0 Å². The van der Waals surface area contributed by atoms with E-state index in [0.717, 1.165) is 18.0 Å². The predicted molar refractivity (Wildman–Crippen MR) is 88.3 cm³/mol. The number of para-hydroxylation sites is 1. The molecule has 2 fully saturated rings. The summed E-state index contributed by atoms with van der Waals surface area (Å²) in [5, 5.41) is 2.93. The van der Waals surface area contributed by atoms with Gasteiger partial charge in [0.2, 0.25) is 5.91 Å². The molecule has 1 amide bonds. The maximum Gasteiger partial charge on any atom is 0.225 e. The van der Waals surface area contributed by atoms with Crippen molar-refractivity contribution in [1.29, 1.82) is 0 Å². The summed E-state index contributed by atoms with van der Waals surface area (Å²) in [5.41, 5.74) is 7.11. The molecule has 5 heteroatoms. The van der Waals surface area contributed by atoms with Gasteiger partial charge in [-0.05, 0) is 37.3 Å². The smallest absolute Gasteiger partial charge is 0.225 e. The van der Waals surface area contributed by atoms with Crippen LogP contribution in [0.25, 0.3) is 0 Å². The number of carbonyl (C=O) groups is 1. The molecule has 3 rings (SSSR count). The van der Waals surface area contributed by atoms with Crippen LogP contribution in [0.4, 0.5) is 5.69 Å². The van der Waals surface area contributed by atoms with Gasteiger partial charge in [-0.3, -0.25) is 9.69 Å². The Morgan fingerprint density at radius 1 is 1.38 bits per heavy atom. The van der Waals surface area contributed by atoms with Gasteiger partial charge in [0.25, 0.3) is 0 Å². The SMILES string of the molecule is NC(=S)c1ccccc1NC(=O)CCN1CC2CCC1C2. The average Bonchev–Trinajstić information content (AvgIpc) is 3.08. The zero-order chi connectivity index (χ0) is 14.8. The molecule has 1 aliphatic heterocycles. The number of nitrogens with two attached hydrogens (primary N) is 1. The van der Waals surface area contributed by atoms with Crippen LogP contribution >= 0.6 is 12.2 Å². The number of hydrogen-bond donors (Lipinski definition) is 2. The summed E-state index contributed by atoms with van der Waals surface area (Å²) < 4.78 is 0. The van der Waals surface area contributed by atoms with E-state index in [-0.39, 0.29) is 5.91 Å². The quantitative estimate of drug-likeness (QED) is 0.818. The number of piperidine rings is 1. The third kappa shape index (κ3) is 3.24. The lowest BCUT2D eigenvalue weighted by Gasteiger charge is -2.26. The van der Waals surface area contributed by atoms with Crippen LogP contribution in [-0.4, -0.2) is 34.9 Å². The van der Waals surface area contributed by atoms with Crippen molar-refractivity contribution in [2.24, 2.45) is 11.7 Å². The van der Waals surface area contributed by atoms with Crippen LogP contribution in [0.2, 0.25) is 0 Å². The minimum Gasteiger partial charge on any atom is -0.389 e. The predicted octanol–water partition coefficient (Wildman–Crippen LogP) is 2.13. The highest BCUT2D eigenvalue weighted by atomic mass is 32.1. The van der Waals surface area contributed by atoms with Gasteiger partial charge >= 0.3 is 0 Å². The lowest BCUT2D eigenvalue weighted by atomic mass is 10.1. The average molecular weight is 303 g/mol. The van der Waals surface area contributed by atoms with Crippen LogP contribution in [0.5, 0.6) is 0 Å². The van der Waals surface area contributed by atoms with Gasteiger partial charge in [0.1, 0.15) is 4.99 Å². The largest absolute Gasteiger partial charge is 0.389 e. The third-order valence-corrected chi connectivity index (χ3v) is 4.84.